The van der Waals surface area contributed by atoms with Gasteiger partial charge in [0.15, 0.2) is 5.13 Å². The number of nitrogens with one attached hydrogen (secondary N) is 2. The first-order valence-electron chi connectivity index (χ1n) is 9.20. The zero-order valence-corrected chi connectivity index (χ0v) is 16.6. The second kappa shape index (κ2) is 7.81. The number of aryl methyl sites for hydroxylation is 2. The van der Waals surface area contributed by atoms with E-state index in [4.69, 9.17) is 0 Å². The van der Waals surface area contributed by atoms with Gasteiger partial charge >= 0.3 is 0 Å². The number of rotatable bonds is 5. The molecule has 1 aromatic carbocycles. The van der Waals surface area contributed by atoms with Crippen molar-refractivity contribution in [3.8, 4) is 0 Å². The van der Waals surface area contributed by atoms with Crippen LogP contribution in [0.15, 0.2) is 36.7 Å². The van der Waals surface area contributed by atoms with Crippen LogP contribution in [0.1, 0.15) is 27.6 Å². The van der Waals surface area contributed by atoms with E-state index in [2.05, 4.69) is 20.7 Å². The summed E-state index contributed by atoms with van der Waals surface area (Å²) in [5.41, 5.74) is 2.81. The fraction of sp³-hybridized carbons (Fsp3) is 0.350. The van der Waals surface area contributed by atoms with Gasteiger partial charge in [0.05, 0.1) is 17.8 Å². The van der Waals surface area contributed by atoms with E-state index >= 15 is 0 Å². The van der Waals surface area contributed by atoms with E-state index < -0.39 is 0 Å². The number of anilines is 1. The molecule has 2 N–H and O–H groups in total. The van der Waals surface area contributed by atoms with Crippen molar-refractivity contribution in [2.75, 3.05) is 18.4 Å². The number of thiazole rings is 1. The molecular weight excluding hydrogens is 377 g/mol. The fourth-order valence-corrected chi connectivity index (χ4v) is 4.61. The number of hydrogen-bond acceptors (Lipinski definition) is 5. The van der Waals surface area contributed by atoms with Crippen molar-refractivity contribution in [1.82, 2.24) is 20.1 Å². The van der Waals surface area contributed by atoms with Gasteiger partial charge in [0, 0.05) is 43.5 Å². The zero-order chi connectivity index (χ0) is 19.7. The highest BCUT2D eigenvalue weighted by molar-refractivity contribution is 7.15. The van der Waals surface area contributed by atoms with Crippen LogP contribution in [0.3, 0.4) is 0 Å². The third-order valence-electron chi connectivity index (χ3n) is 5.08. The average molecular weight is 399 g/mol. The first-order valence-corrected chi connectivity index (χ1v) is 10.0. The van der Waals surface area contributed by atoms with E-state index in [0.29, 0.717) is 18.1 Å². The number of hydrogen-bond donors (Lipinski definition) is 2. The Balaban J connectivity index is 1.46. The van der Waals surface area contributed by atoms with Crippen LogP contribution in [0.2, 0.25) is 0 Å². The highest BCUT2D eigenvalue weighted by atomic mass is 32.1. The molecule has 0 spiro atoms. The van der Waals surface area contributed by atoms with Crippen LogP contribution < -0.4 is 10.6 Å². The lowest BCUT2D eigenvalue weighted by Crippen LogP contribution is -2.28. The first-order chi connectivity index (χ1) is 13.5. The van der Waals surface area contributed by atoms with Gasteiger partial charge in [0.25, 0.3) is 0 Å². The van der Waals surface area contributed by atoms with Crippen molar-refractivity contribution >= 4 is 22.4 Å². The molecular formula is C20H22FN5OS. The van der Waals surface area contributed by atoms with Gasteiger partial charge in [-0.1, -0.05) is 12.1 Å². The van der Waals surface area contributed by atoms with Gasteiger partial charge < -0.3 is 10.6 Å². The van der Waals surface area contributed by atoms with Crippen molar-refractivity contribution in [2.45, 2.75) is 19.3 Å². The SMILES string of the molecule is Cc1nc(NC(=O)[C@H]2CNC[C@@H]2c2cnn(C)c2)sc1Cc1cccc(F)c1. The van der Waals surface area contributed by atoms with Crippen molar-refractivity contribution in [2.24, 2.45) is 13.0 Å². The summed E-state index contributed by atoms with van der Waals surface area (Å²) in [5, 5.41) is 11.1. The fourth-order valence-electron chi connectivity index (χ4n) is 3.61. The van der Waals surface area contributed by atoms with Crippen molar-refractivity contribution in [3.63, 3.8) is 0 Å². The van der Waals surface area contributed by atoms with Gasteiger partial charge in [-0.25, -0.2) is 9.37 Å². The molecule has 0 radical (unpaired) electrons. The van der Waals surface area contributed by atoms with E-state index in [-0.39, 0.29) is 23.6 Å². The molecule has 8 heteroatoms. The van der Waals surface area contributed by atoms with Crippen LogP contribution in [-0.2, 0) is 18.3 Å². The molecule has 1 fully saturated rings. The quantitative estimate of drug-likeness (QED) is 0.692. The number of aromatic nitrogens is 3. The Hall–Kier alpha value is -2.58. The molecule has 0 aliphatic carbocycles. The summed E-state index contributed by atoms with van der Waals surface area (Å²) in [6.45, 7) is 3.30. The summed E-state index contributed by atoms with van der Waals surface area (Å²) in [4.78, 5) is 18.4. The lowest BCUT2D eigenvalue weighted by atomic mass is 9.90. The maximum atomic E-state index is 13.4. The largest absolute Gasteiger partial charge is 0.315 e. The van der Waals surface area contributed by atoms with E-state index in [0.717, 1.165) is 28.2 Å². The highest BCUT2D eigenvalue weighted by Gasteiger charge is 2.35. The number of carbonyl (C=O) groups is 1. The molecule has 146 valence electrons. The molecule has 1 aliphatic heterocycles. The molecule has 0 unspecified atom stereocenters. The molecule has 2 aromatic heterocycles. The normalized spacial score (nSPS) is 19.1. The molecule has 0 bridgehead atoms. The maximum Gasteiger partial charge on any atom is 0.231 e. The third-order valence-corrected chi connectivity index (χ3v) is 6.15. The average Bonchev–Trinajstić information content (AvgIpc) is 3.36. The van der Waals surface area contributed by atoms with Crippen LogP contribution in [0.5, 0.6) is 0 Å². The number of nitrogens with zero attached hydrogens (tertiary/aromatic N) is 3. The molecule has 1 saturated heterocycles. The second-order valence-electron chi connectivity index (χ2n) is 7.14. The monoisotopic (exact) mass is 399 g/mol. The summed E-state index contributed by atoms with van der Waals surface area (Å²) in [6, 6.07) is 6.56. The molecule has 3 aromatic rings. The number of amides is 1. The molecule has 4 rings (SSSR count). The van der Waals surface area contributed by atoms with E-state index in [1.54, 1.807) is 10.7 Å². The molecule has 2 atom stereocenters. The Kier molecular flexibility index (Phi) is 5.23. The van der Waals surface area contributed by atoms with Gasteiger partial charge in [-0.15, -0.1) is 11.3 Å². The Morgan fingerprint density at radius 1 is 1.43 bits per heavy atom. The van der Waals surface area contributed by atoms with Crippen LogP contribution in [0.25, 0.3) is 0 Å². The first kappa shape index (κ1) is 18.8. The number of halogens is 1. The van der Waals surface area contributed by atoms with E-state index in [9.17, 15) is 9.18 Å². The minimum Gasteiger partial charge on any atom is -0.315 e. The smallest absolute Gasteiger partial charge is 0.231 e. The van der Waals surface area contributed by atoms with Crippen molar-refractivity contribution in [1.29, 1.82) is 0 Å². The predicted molar refractivity (Wildman–Crippen MR) is 107 cm³/mol. The molecule has 1 aliphatic rings. The van der Waals surface area contributed by atoms with Crippen LogP contribution in [0.4, 0.5) is 9.52 Å². The Morgan fingerprint density at radius 3 is 3.04 bits per heavy atom. The van der Waals surface area contributed by atoms with Crippen LogP contribution in [-0.4, -0.2) is 33.8 Å². The molecule has 6 nitrogen and oxygen atoms in total. The summed E-state index contributed by atoms with van der Waals surface area (Å²) >= 11 is 1.45. The molecule has 0 saturated carbocycles. The summed E-state index contributed by atoms with van der Waals surface area (Å²) in [6.07, 6.45) is 4.38. The van der Waals surface area contributed by atoms with Crippen LogP contribution in [0, 0.1) is 18.7 Å². The van der Waals surface area contributed by atoms with Crippen molar-refractivity contribution in [3.05, 3.63) is 64.2 Å². The minimum atomic E-state index is -0.247. The Morgan fingerprint density at radius 2 is 2.29 bits per heavy atom. The predicted octanol–water partition coefficient (Wildman–Crippen LogP) is 2.86. The van der Waals surface area contributed by atoms with Crippen molar-refractivity contribution < 1.29 is 9.18 Å². The molecule has 28 heavy (non-hydrogen) atoms. The van der Waals surface area contributed by atoms with Gasteiger partial charge in [0.1, 0.15) is 5.82 Å². The van der Waals surface area contributed by atoms with Gasteiger partial charge in [0.2, 0.25) is 5.91 Å². The number of carbonyl (C=O) groups excluding carboxylic acids is 1. The molecule has 3 heterocycles. The van der Waals surface area contributed by atoms with Gasteiger partial charge in [-0.3, -0.25) is 9.48 Å². The zero-order valence-electron chi connectivity index (χ0n) is 15.8. The number of benzene rings is 1. The Labute approximate surface area is 166 Å². The second-order valence-corrected chi connectivity index (χ2v) is 8.23. The highest BCUT2D eigenvalue weighted by Crippen LogP contribution is 2.30. The lowest BCUT2D eigenvalue weighted by molar-refractivity contribution is -0.119. The third kappa shape index (κ3) is 3.98. The van der Waals surface area contributed by atoms with E-state index in [1.807, 2.05) is 32.4 Å². The molecule has 1 amide bonds. The summed E-state index contributed by atoms with van der Waals surface area (Å²) in [5.74, 6) is -0.352. The maximum absolute atomic E-state index is 13.4. The van der Waals surface area contributed by atoms with Gasteiger partial charge in [-0.05, 0) is 30.2 Å². The summed E-state index contributed by atoms with van der Waals surface area (Å²) in [7, 11) is 1.87. The minimum absolute atomic E-state index is 0.0371. The van der Waals surface area contributed by atoms with E-state index in [1.165, 1.54) is 23.5 Å². The van der Waals surface area contributed by atoms with Crippen LogP contribution >= 0.6 is 11.3 Å². The lowest BCUT2D eigenvalue weighted by Gasteiger charge is -2.15. The standard InChI is InChI=1S/C20H22FN5OS/c1-12-18(7-13-4-3-5-15(21)6-13)28-20(24-12)25-19(27)17-10-22-9-16(17)14-8-23-26(2)11-14/h3-6,8,11,16-17,22H,7,9-10H2,1-2H3,(H,24,25,27)/t16-,17+/m1/s1. The summed E-state index contributed by atoms with van der Waals surface area (Å²) < 4.78 is 15.2. The van der Waals surface area contributed by atoms with Gasteiger partial charge in [-0.2, -0.15) is 5.10 Å². The Bertz CT molecular complexity index is 998. The topological polar surface area (TPSA) is 71.8 Å².